The van der Waals surface area contributed by atoms with Crippen LogP contribution in [0.2, 0.25) is 0 Å². The van der Waals surface area contributed by atoms with Gasteiger partial charge in [-0.05, 0) is 239 Å². The third-order valence-corrected chi connectivity index (χ3v) is 18.6. The van der Waals surface area contributed by atoms with Crippen LogP contribution in [-0.2, 0) is 62.0 Å². The highest BCUT2D eigenvalue weighted by Gasteiger charge is 2.34. The van der Waals surface area contributed by atoms with Crippen molar-refractivity contribution in [1.82, 2.24) is 0 Å². The molecule has 0 aromatic heterocycles. The summed E-state index contributed by atoms with van der Waals surface area (Å²) >= 11 is 0. The molecule has 0 heterocycles. The van der Waals surface area contributed by atoms with E-state index in [1.165, 1.54) is 56.9 Å². The van der Waals surface area contributed by atoms with Gasteiger partial charge < -0.3 is 47.4 Å². The normalized spacial score (nSPS) is 15.9. The third kappa shape index (κ3) is 39.0. The van der Waals surface area contributed by atoms with Crippen LogP contribution < -0.4 is 18.9 Å². The first kappa shape index (κ1) is 81.7. The monoisotopic (exact) mass is 1370 g/mol. The average molecular weight is 1370 g/mol. The molecule has 3 aromatic carbocycles. The highest BCUT2D eigenvalue weighted by atomic mass is 16.6. The molecule has 0 atom stereocenters. The lowest BCUT2D eigenvalue weighted by atomic mass is 9.68. The van der Waals surface area contributed by atoms with Gasteiger partial charge in [0.15, 0.2) is 0 Å². The zero-order valence-electron chi connectivity index (χ0n) is 59.5. The zero-order chi connectivity index (χ0) is 69.9. The van der Waals surface area contributed by atoms with Crippen LogP contribution in [0.4, 0.5) is 0 Å². The molecular weight excluding hydrogens is 1250 g/mol. The first-order valence-electron chi connectivity index (χ1n) is 37.7. The number of esters is 8. The van der Waals surface area contributed by atoms with Crippen molar-refractivity contribution < 1.29 is 85.7 Å². The van der Waals surface area contributed by atoms with Crippen LogP contribution in [0.5, 0.6) is 23.0 Å². The number of benzene rings is 3. The minimum Gasteiger partial charge on any atom is -0.494 e. The quantitative estimate of drug-likeness (QED) is 0.0221. The third-order valence-electron chi connectivity index (χ3n) is 18.6. The van der Waals surface area contributed by atoms with Crippen molar-refractivity contribution in [2.45, 2.75) is 271 Å². The molecule has 546 valence electrons. The van der Waals surface area contributed by atoms with E-state index in [9.17, 15) is 38.4 Å². The Morgan fingerprint density at radius 2 is 0.633 bits per heavy atom. The van der Waals surface area contributed by atoms with Crippen molar-refractivity contribution in [3.63, 3.8) is 0 Å². The fraction of sp³-hybridized carbons (Fsp3) is 0.675. The summed E-state index contributed by atoms with van der Waals surface area (Å²) in [5, 5.41) is 0. The lowest BCUT2D eigenvalue weighted by molar-refractivity contribution is -0.150. The van der Waals surface area contributed by atoms with Gasteiger partial charge in [0.05, 0.1) is 77.2 Å². The van der Waals surface area contributed by atoms with E-state index in [-0.39, 0.29) is 74.7 Å². The molecule has 0 saturated heterocycles. The molecule has 3 aromatic rings. The summed E-state index contributed by atoms with van der Waals surface area (Å²) in [5.41, 5.74) is 1.60. The number of carbonyl (C=O) groups excluding carboxylic acids is 8. The van der Waals surface area contributed by atoms with Crippen molar-refractivity contribution in [3.8, 4) is 23.0 Å². The summed E-state index contributed by atoms with van der Waals surface area (Å²) in [6.07, 6.45) is 33.5. The summed E-state index contributed by atoms with van der Waals surface area (Å²) in [7, 11) is 0. The van der Waals surface area contributed by atoms with Crippen LogP contribution in [0, 0.1) is 30.6 Å². The Hall–Kier alpha value is -6.98. The summed E-state index contributed by atoms with van der Waals surface area (Å²) in [6, 6.07) is 21.5. The van der Waals surface area contributed by atoms with E-state index in [1.54, 1.807) is 48.5 Å². The summed E-state index contributed by atoms with van der Waals surface area (Å²) in [5.74, 6) is 2.23. The number of aryl methyl sites for hydroxylation is 1. The predicted molar refractivity (Wildman–Crippen MR) is 376 cm³/mol. The molecule has 18 nitrogen and oxygen atoms in total. The molecule has 18 heteroatoms. The predicted octanol–water partition coefficient (Wildman–Crippen LogP) is 18.0. The van der Waals surface area contributed by atoms with Gasteiger partial charge in [-0.3, -0.25) is 33.6 Å². The second-order valence-corrected chi connectivity index (χ2v) is 26.8. The SMILES string of the molecule is CCCCCC1CCC(C2CCC(C(=O)Oc3ccc(OC(=O)c4ccc(OCCCCCCCCOC(=O)CCC(=O)OCCCCCC(=O)OCCCCCC(=O)OCCCCCC(=O)OCCCCCC(=O)OCCCCCCOc5ccc(C)cc5)cc4)cc3)CC2)CC1. The second-order valence-electron chi connectivity index (χ2n) is 26.8. The minimum absolute atomic E-state index is 0.0391. The molecule has 2 aliphatic rings. The standard InChI is InChI=1S/C80H118O18/c1-3-4-15-28-64-35-37-65(38-36-64)66-39-41-67(42-40-66)79(87)97-71-49-51-72(52-50-71)98-80(88)68-43-47-70(48-44-68)90-55-20-7-5-6-8-22-58-95-77(85)53-54-78(86)96-62-27-14-19-32-76(84)94-61-26-13-18-31-75(83)93-60-25-12-17-30-74(82)92-59-24-11-16-29-73(81)91-57-23-10-9-21-56-89-69-45-33-63(2)34-46-69/h33-34,43-52,64-67H,3-32,35-42,53-62H2,1-2H3. The molecule has 0 radical (unpaired) electrons. The van der Waals surface area contributed by atoms with Crippen molar-refractivity contribution in [3.05, 3.63) is 83.9 Å². The van der Waals surface area contributed by atoms with E-state index in [1.807, 2.05) is 31.2 Å². The fourth-order valence-corrected chi connectivity index (χ4v) is 12.5. The van der Waals surface area contributed by atoms with Crippen LogP contribution in [0.1, 0.15) is 280 Å². The minimum atomic E-state index is -0.493. The largest absolute Gasteiger partial charge is 0.494 e. The fourth-order valence-electron chi connectivity index (χ4n) is 12.5. The number of ether oxygens (including phenoxy) is 10. The summed E-state index contributed by atoms with van der Waals surface area (Å²) < 4.78 is 54.8. The molecule has 0 spiro atoms. The first-order chi connectivity index (χ1) is 47.8. The molecule has 2 fully saturated rings. The Morgan fingerprint density at radius 1 is 0.316 bits per heavy atom. The molecule has 5 rings (SSSR count). The Morgan fingerprint density at radius 3 is 1.02 bits per heavy atom. The van der Waals surface area contributed by atoms with Crippen molar-refractivity contribution in [1.29, 1.82) is 0 Å². The molecule has 0 N–H and O–H groups in total. The summed E-state index contributed by atoms with van der Waals surface area (Å²) in [6.45, 7) is 7.41. The van der Waals surface area contributed by atoms with Gasteiger partial charge in [0, 0.05) is 25.7 Å². The number of hydrogen-bond donors (Lipinski definition) is 0. The highest BCUT2D eigenvalue weighted by Crippen LogP contribution is 2.43. The topological polar surface area (TPSA) is 229 Å². The highest BCUT2D eigenvalue weighted by molar-refractivity contribution is 5.91. The zero-order valence-corrected chi connectivity index (χ0v) is 59.5. The molecule has 2 saturated carbocycles. The van der Waals surface area contributed by atoms with Crippen LogP contribution in [0.15, 0.2) is 72.8 Å². The Balaban J connectivity index is 0.708. The maximum absolute atomic E-state index is 13.1. The Bertz CT molecular complexity index is 2670. The van der Waals surface area contributed by atoms with Gasteiger partial charge in [-0.2, -0.15) is 0 Å². The Labute approximate surface area is 585 Å². The van der Waals surface area contributed by atoms with Gasteiger partial charge in [-0.15, -0.1) is 0 Å². The number of hydrogen-bond acceptors (Lipinski definition) is 18. The number of carbonyl (C=O) groups is 8. The second kappa shape index (κ2) is 52.1. The smallest absolute Gasteiger partial charge is 0.343 e. The molecule has 0 bridgehead atoms. The van der Waals surface area contributed by atoms with Gasteiger partial charge in [0.25, 0.3) is 0 Å². The average Bonchev–Trinajstić information content (AvgIpc) is 0.867. The van der Waals surface area contributed by atoms with E-state index in [2.05, 4.69) is 6.92 Å². The van der Waals surface area contributed by atoms with E-state index in [0.29, 0.717) is 133 Å². The first-order valence-corrected chi connectivity index (χ1v) is 37.7. The summed E-state index contributed by atoms with van der Waals surface area (Å²) in [4.78, 5) is 98.6. The molecule has 0 amide bonds. The molecule has 98 heavy (non-hydrogen) atoms. The van der Waals surface area contributed by atoms with Gasteiger partial charge >= 0.3 is 47.8 Å². The molecule has 0 aliphatic heterocycles. The maximum Gasteiger partial charge on any atom is 0.343 e. The van der Waals surface area contributed by atoms with Crippen molar-refractivity contribution >= 4 is 47.8 Å². The molecule has 0 unspecified atom stereocenters. The Kier molecular flexibility index (Phi) is 43.4. The van der Waals surface area contributed by atoms with Crippen molar-refractivity contribution in [2.75, 3.05) is 52.9 Å². The molecular formula is C80H118O18. The van der Waals surface area contributed by atoms with Crippen LogP contribution in [0.3, 0.4) is 0 Å². The lowest BCUT2D eigenvalue weighted by Crippen LogP contribution is -2.30. The van der Waals surface area contributed by atoms with Gasteiger partial charge in [-0.25, -0.2) is 4.79 Å². The van der Waals surface area contributed by atoms with Crippen molar-refractivity contribution in [2.24, 2.45) is 23.7 Å². The lowest BCUT2D eigenvalue weighted by Gasteiger charge is -2.37. The number of rotatable bonds is 54. The van der Waals surface area contributed by atoms with E-state index < -0.39 is 17.9 Å². The molecule has 2 aliphatic carbocycles. The van der Waals surface area contributed by atoms with E-state index in [0.717, 1.165) is 133 Å². The maximum atomic E-state index is 13.1. The van der Waals surface area contributed by atoms with Gasteiger partial charge in [-0.1, -0.05) is 88.8 Å². The van der Waals surface area contributed by atoms with Crippen LogP contribution in [-0.4, -0.2) is 101 Å². The van der Waals surface area contributed by atoms with Gasteiger partial charge in [0.1, 0.15) is 23.0 Å². The van der Waals surface area contributed by atoms with Crippen LogP contribution >= 0.6 is 0 Å². The van der Waals surface area contributed by atoms with E-state index in [4.69, 9.17) is 47.4 Å². The van der Waals surface area contributed by atoms with Gasteiger partial charge in [0.2, 0.25) is 0 Å². The number of unbranched alkanes of at least 4 members (excludes halogenated alkanes) is 18. The van der Waals surface area contributed by atoms with Crippen LogP contribution in [0.25, 0.3) is 0 Å². The van der Waals surface area contributed by atoms with E-state index >= 15 is 0 Å².